The molecular weight excluding hydrogens is 206 g/mol. The van der Waals surface area contributed by atoms with Crippen LogP contribution in [0.25, 0.3) is 0 Å². The van der Waals surface area contributed by atoms with Gasteiger partial charge in [-0.1, -0.05) is 6.42 Å². The highest BCUT2D eigenvalue weighted by Crippen LogP contribution is 2.25. The molecule has 1 aliphatic carbocycles. The molecule has 0 spiro atoms. The molecule has 0 aromatic rings. The van der Waals surface area contributed by atoms with Gasteiger partial charge >= 0.3 is 0 Å². The fourth-order valence-electron chi connectivity index (χ4n) is 2.43. The Morgan fingerprint density at radius 1 is 1.31 bits per heavy atom. The second kappa shape index (κ2) is 4.62. The summed E-state index contributed by atoms with van der Waals surface area (Å²) in [5.41, 5.74) is 0. The van der Waals surface area contributed by atoms with E-state index in [1.807, 2.05) is 0 Å². The number of amides is 2. The van der Waals surface area contributed by atoms with Crippen LogP contribution in [0.5, 0.6) is 0 Å². The molecule has 3 atom stereocenters. The Balaban J connectivity index is 1.92. The predicted molar refractivity (Wildman–Crippen MR) is 56.0 cm³/mol. The van der Waals surface area contributed by atoms with Gasteiger partial charge in [-0.25, -0.2) is 0 Å². The molecule has 0 bridgehead atoms. The molecule has 0 radical (unpaired) electrons. The van der Waals surface area contributed by atoms with Gasteiger partial charge in [0, 0.05) is 12.5 Å². The average molecular weight is 221 g/mol. The fourth-order valence-corrected chi connectivity index (χ4v) is 2.43. The Labute approximate surface area is 94.2 Å². The Kier molecular flexibility index (Phi) is 3.20. The van der Waals surface area contributed by atoms with Gasteiger partial charge < -0.3 is 5.32 Å². The molecule has 2 rings (SSSR count). The van der Waals surface area contributed by atoms with Crippen LogP contribution < -0.4 is 10.6 Å². The zero-order valence-electron chi connectivity index (χ0n) is 9.03. The van der Waals surface area contributed by atoms with Crippen molar-refractivity contribution in [1.82, 2.24) is 10.6 Å². The molecule has 0 aromatic carbocycles. The van der Waals surface area contributed by atoms with E-state index in [0.29, 0.717) is 12.8 Å². The topological polar surface area (TPSA) is 82.0 Å². The van der Waals surface area contributed by atoms with E-state index in [4.69, 9.17) is 5.26 Å². The maximum absolute atomic E-state index is 11.5. The zero-order chi connectivity index (χ0) is 11.5. The van der Waals surface area contributed by atoms with Crippen molar-refractivity contribution in [1.29, 1.82) is 5.26 Å². The standard InChI is InChI=1S/C11H15N3O2/c12-6-7-2-1-3-8(7)13-9-4-5-10(15)14-11(9)16/h7-9,13H,1-5H2,(H,14,15,16). The molecule has 5 nitrogen and oxygen atoms in total. The third-order valence-electron chi connectivity index (χ3n) is 3.34. The number of imide groups is 1. The molecule has 1 heterocycles. The van der Waals surface area contributed by atoms with E-state index in [1.54, 1.807) is 0 Å². The predicted octanol–water partition coefficient (Wildman–Crippen LogP) is 0.0735. The number of carbonyl (C=O) groups excluding carboxylic acids is 2. The van der Waals surface area contributed by atoms with Crippen molar-refractivity contribution in [2.45, 2.75) is 44.2 Å². The van der Waals surface area contributed by atoms with Gasteiger partial charge in [0.05, 0.1) is 18.0 Å². The maximum atomic E-state index is 11.5. The first kappa shape index (κ1) is 11.1. The minimum Gasteiger partial charge on any atom is -0.302 e. The largest absolute Gasteiger partial charge is 0.302 e. The quantitative estimate of drug-likeness (QED) is 0.647. The van der Waals surface area contributed by atoms with Crippen LogP contribution in [0.15, 0.2) is 0 Å². The number of hydrogen-bond acceptors (Lipinski definition) is 4. The fraction of sp³-hybridized carbons (Fsp3) is 0.727. The first-order valence-electron chi connectivity index (χ1n) is 5.70. The summed E-state index contributed by atoms with van der Waals surface area (Å²) in [6, 6.07) is 2.06. The number of carbonyl (C=O) groups is 2. The molecule has 1 saturated heterocycles. The SMILES string of the molecule is N#CC1CCCC1NC1CCC(=O)NC1=O. The van der Waals surface area contributed by atoms with Crippen LogP contribution in [0, 0.1) is 17.2 Å². The highest BCUT2D eigenvalue weighted by molar-refractivity contribution is 6.00. The summed E-state index contributed by atoms with van der Waals surface area (Å²) >= 11 is 0. The highest BCUT2D eigenvalue weighted by atomic mass is 16.2. The molecule has 16 heavy (non-hydrogen) atoms. The number of piperidine rings is 1. The van der Waals surface area contributed by atoms with Crippen molar-refractivity contribution >= 4 is 11.8 Å². The molecule has 2 N–H and O–H groups in total. The van der Waals surface area contributed by atoms with E-state index in [2.05, 4.69) is 16.7 Å². The number of rotatable bonds is 2. The minimum atomic E-state index is -0.309. The Morgan fingerprint density at radius 2 is 2.12 bits per heavy atom. The van der Waals surface area contributed by atoms with E-state index >= 15 is 0 Å². The zero-order valence-corrected chi connectivity index (χ0v) is 9.03. The highest BCUT2D eigenvalue weighted by Gasteiger charge is 2.33. The van der Waals surface area contributed by atoms with Gasteiger partial charge in [0.15, 0.2) is 0 Å². The van der Waals surface area contributed by atoms with Gasteiger partial charge in [0.1, 0.15) is 0 Å². The number of nitriles is 1. The van der Waals surface area contributed by atoms with Crippen LogP contribution >= 0.6 is 0 Å². The maximum Gasteiger partial charge on any atom is 0.243 e. The summed E-state index contributed by atoms with van der Waals surface area (Å²) in [7, 11) is 0. The first-order valence-corrected chi connectivity index (χ1v) is 5.70. The Morgan fingerprint density at radius 3 is 2.81 bits per heavy atom. The molecule has 0 aromatic heterocycles. The van der Waals surface area contributed by atoms with Gasteiger partial charge in [-0.3, -0.25) is 14.9 Å². The number of nitrogens with one attached hydrogen (secondary N) is 2. The second-order valence-corrected chi connectivity index (χ2v) is 4.44. The van der Waals surface area contributed by atoms with Crippen molar-refractivity contribution in [3.63, 3.8) is 0 Å². The summed E-state index contributed by atoms with van der Waals surface area (Å²) < 4.78 is 0. The third kappa shape index (κ3) is 2.22. The monoisotopic (exact) mass is 221 g/mol. The average Bonchev–Trinajstić information content (AvgIpc) is 2.69. The molecule has 1 saturated carbocycles. The minimum absolute atomic E-state index is 0.00503. The summed E-state index contributed by atoms with van der Waals surface area (Å²) in [6.45, 7) is 0. The number of nitrogens with zero attached hydrogens (tertiary/aromatic N) is 1. The van der Waals surface area contributed by atoms with Crippen LogP contribution in [-0.4, -0.2) is 23.9 Å². The van der Waals surface area contributed by atoms with E-state index < -0.39 is 0 Å². The summed E-state index contributed by atoms with van der Waals surface area (Å²) in [4.78, 5) is 22.5. The van der Waals surface area contributed by atoms with Crippen molar-refractivity contribution < 1.29 is 9.59 Å². The van der Waals surface area contributed by atoms with Gasteiger partial charge in [-0.15, -0.1) is 0 Å². The van der Waals surface area contributed by atoms with Gasteiger partial charge in [-0.2, -0.15) is 5.26 Å². The smallest absolute Gasteiger partial charge is 0.243 e. The summed E-state index contributed by atoms with van der Waals surface area (Å²) in [6.07, 6.45) is 3.80. The van der Waals surface area contributed by atoms with Gasteiger partial charge in [0.2, 0.25) is 11.8 Å². The van der Waals surface area contributed by atoms with Crippen molar-refractivity contribution in [3.05, 3.63) is 0 Å². The van der Waals surface area contributed by atoms with Crippen LogP contribution in [0.1, 0.15) is 32.1 Å². The lowest BCUT2D eigenvalue weighted by molar-refractivity contribution is -0.134. The Hall–Kier alpha value is -1.41. The second-order valence-electron chi connectivity index (χ2n) is 4.44. The van der Waals surface area contributed by atoms with Crippen molar-refractivity contribution in [2.75, 3.05) is 0 Å². The van der Waals surface area contributed by atoms with Crippen LogP contribution in [0.4, 0.5) is 0 Å². The van der Waals surface area contributed by atoms with E-state index in [-0.39, 0.29) is 29.8 Å². The van der Waals surface area contributed by atoms with Crippen LogP contribution in [0.2, 0.25) is 0 Å². The molecule has 2 amide bonds. The van der Waals surface area contributed by atoms with E-state index in [1.165, 1.54) is 0 Å². The molecule has 1 aliphatic heterocycles. The van der Waals surface area contributed by atoms with E-state index in [9.17, 15) is 9.59 Å². The third-order valence-corrected chi connectivity index (χ3v) is 3.34. The summed E-state index contributed by atoms with van der Waals surface area (Å²) in [5, 5.41) is 14.4. The lowest BCUT2D eigenvalue weighted by Gasteiger charge is -2.26. The molecular formula is C11H15N3O2. The lowest BCUT2D eigenvalue weighted by atomic mass is 10.0. The van der Waals surface area contributed by atoms with Crippen molar-refractivity contribution in [2.24, 2.45) is 5.92 Å². The summed E-state index contributed by atoms with van der Waals surface area (Å²) in [5.74, 6) is -0.448. The molecule has 2 aliphatic rings. The number of hydrogen-bond donors (Lipinski definition) is 2. The van der Waals surface area contributed by atoms with Gasteiger partial charge in [0.25, 0.3) is 0 Å². The van der Waals surface area contributed by atoms with Crippen molar-refractivity contribution in [3.8, 4) is 6.07 Å². The molecule has 2 fully saturated rings. The first-order chi connectivity index (χ1) is 7.70. The van der Waals surface area contributed by atoms with Gasteiger partial charge in [-0.05, 0) is 19.3 Å². The lowest BCUT2D eigenvalue weighted by Crippen LogP contribution is -2.53. The van der Waals surface area contributed by atoms with E-state index in [0.717, 1.165) is 19.3 Å². The molecule has 5 heteroatoms. The van der Waals surface area contributed by atoms with Crippen LogP contribution in [0.3, 0.4) is 0 Å². The Bertz CT molecular complexity index is 348. The molecule has 3 unspecified atom stereocenters. The molecule has 86 valence electrons. The normalized spacial score (nSPS) is 34.6. The van der Waals surface area contributed by atoms with Crippen LogP contribution in [-0.2, 0) is 9.59 Å².